The molecular formula is C43H32N2. The monoisotopic (exact) mass is 576 g/mol. The van der Waals surface area contributed by atoms with Gasteiger partial charge in [0.1, 0.15) is 0 Å². The molecule has 0 fully saturated rings. The maximum atomic E-state index is 4.11. The largest absolute Gasteiger partial charge is 0.309 e. The van der Waals surface area contributed by atoms with Gasteiger partial charge in [-0.2, -0.15) is 0 Å². The summed E-state index contributed by atoms with van der Waals surface area (Å²) in [6.45, 7) is 6.17. The molecule has 2 heteroatoms. The Labute approximate surface area is 263 Å². The van der Waals surface area contributed by atoms with Crippen LogP contribution in [0.1, 0.15) is 18.2 Å². The van der Waals surface area contributed by atoms with Gasteiger partial charge in [-0.1, -0.05) is 116 Å². The Bertz CT molecular complexity index is 2360. The van der Waals surface area contributed by atoms with E-state index in [-0.39, 0.29) is 0 Å². The van der Waals surface area contributed by atoms with Gasteiger partial charge in [0.25, 0.3) is 0 Å². The number of allylic oxidation sites excluding steroid dienone is 1. The Balaban J connectivity index is 1.17. The fraction of sp³-hybridized carbons (Fsp3) is 0.0233. The molecule has 0 amide bonds. The number of hydrogen-bond acceptors (Lipinski definition) is 0. The zero-order chi connectivity index (χ0) is 30.3. The summed E-state index contributed by atoms with van der Waals surface area (Å²) in [4.78, 5) is 0. The lowest BCUT2D eigenvalue weighted by Gasteiger charge is -2.12. The van der Waals surface area contributed by atoms with Crippen LogP contribution in [0.25, 0.3) is 78.5 Å². The fourth-order valence-corrected chi connectivity index (χ4v) is 6.77. The van der Waals surface area contributed by atoms with E-state index in [0.717, 1.165) is 22.6 Å². The second-order valence-corrected chi connectivity index (χ2v) is 11.4. The number of rotatable bonds is 6. The van der Waals surface area contributed by atoms with Crippen LogP contribution in [0.5, 0.6) is 0 Å². The molecule has 0 atom stereocenters. The van der Waals surface area contributed by atoms with E-state index >= 15 is 0 Å². The predicted octanol–water partition coefficient (Wildman–Crippen LogP) is 11.7. The maximum Gasteiger partial charge on any atom is 0.0541 e. The van der Waals surface area contributed by atoms with Gasteiger partial charge >= 0.3 is 0 Å². The van der Waals surface area contributed by atoms with Crippen LogP contribution in [0.4, 0.5) is 0 Å². The Hall–Kier alpha value is -5.86. The van der Waals surface area contributed by atoms with E-state index in [1.54, 1.807) is 0 Å². The molecule has 0 radical (unpaired) electrons. The van der Waals surface area contributed by atoms with Crippen LogP contribution in [0.15, 0.2) is 158 Å². The molecule has 2 nitrogen and oxygen atoms in total. The number of hydrogen-bond donors (Lipinski definition) is 0. The highest BCUT2D eigenvalue weighted by Crippen LogP contribution is 2.36. The van der Waals surface area contributed by atoms with E-state index in [1.807, 2.05) is 6.08 Å². The lowest BCUT2D eigenvalue weighted by molar-refractivity contribution is 1.10. The molecule has 45 heavy (non-hydrogen) atoms. The van der Waals surface area contributed by atoms with Gasteiger partial charge in [0.2, 0.25) is 0 Å². The number of nitrogens with zero attached hydrogens (tertiary/aromatic N) is 2. The Morgan fingerprint density at radius 1 is 0.467 bits per heavy atom. The molecule has 0 aliphatic carbocycles. The van der Waals surface area contributed by atoms with Crippen molar-refractivity contribution in [3.8, 4) is 33.6 Å². The van der Waals surface area contributed by atoms with Crippen LogP contribution in [-0.4, -0.2) is 9.13 Å². The van der Waals surface area contributed by atoms with Crippen LogP contribution in [0, 0.1) is 0 Å². The first-order chi connectivity index (χ1) is 22.2. The first-order valence-electron chi connectivity index (χ1n) is 15.4. The fourth-order valence-electron chi connectivity index (χ4n) is 6.77. The van der Waals surface area contributed by atoms with E-state index in [4.69, 9.17) is 0 Å². The average Bonchev–Trinajstić information content (AvgIpc) is 3.61. The second-order valence-electron chi connectivity index (χ2n) is 11.4. The minimum absolute atomic E-state index is 1.13. The van der Waals surface area contributed by atoms with Gasteiger partial charge in [-0.05, 0) is 83.8 Å². The third-order valence-electron chi connectivity index (χ3n) is 8.84. The van der Waals surface area contributed by atoms with Gasteiger partial charge in [0.15, 0.2) is 0 Å². The number of para-hydroxylation sites is 2. The molecular weight excluding hydrogens is 544 g/mol. The summed E-state index contributed by atoms with van der Waals surface area (Å²) in [6, 6.07) is 52.5. The molecule has 6 aromatic carbocycles. The summed E-state index contributed by atoms with van der Waals surface area (Å²) in [6.07, 6.45) is 6.22. The highest BCUT2D eigenvalue weighted by atomic mass is 15.0. The van der Waals surface area contributed by atoms with Crippen LogP contribution in [0.3, 0.4) is 0 Å². The van der Waals surface area contributed by atoms with E-state index in [1.165, 1.54) is 55.0 Å². The SMILES string of the molecule is C=Cc1c(/C=C\C)n(-c2ccc(-c3ccc(-n4c5ccccc5c5cc(-c6ccccc6)ccc54)cc3)cc2)c2ccccc12. The highest BCUT2D eigenvalue weighted by Gasteiger charge is 2.16. The van der Waals surface area contributed by atoms with Crippen molar-refractivity contribution in [2.75, 3.05) is 0 Å². The summed E-state index contributed by atoms with van der Waals surface area (Å²) < 4.78 is 4.70. The normalized spacial score (nSPS) is 11.7. The zero-order valence-corrected chi connectivity index (χ0v) is 25.2. The Morgan fingerprint density at radius 3 is 1.62 bits per heavy atom. The summed E-state index contributed by atoms with van der Waals surface area (Å²) in [5.74, 6) is 0. The molecule has 214 valence electrons. The number of fused-ring (bicyclic) bond motifs is 4. The standard InChI is InChI=1S/C43H32N2/c1-3-12-40-36(4-2)37-15-8-10-17-41(37)44(40)34-24-19-31(20-25-34)32-21-26-35(27-22-32)45-42-18-11-9-16-38(42)39-29-33(23-28-43(39)45)30-13-6-5-7-14-30/h3-29H,2H2,1H3/b12-3-. The van der Waals surface area contributed by atoms with E-state index in [0.29, 0.717) is 0 Å². The van der Waals surface area contributed by atoms with Crippen LogP contribution in [-0.2, 0) is 0 Å². The van der Waals surface area contributed by atoms with Crippen molar-refractivity contribution in [3.63, 3.8) is 0 Å². The molecule has 0 aliphatic heterocycles. The van der Waals surface area contributed by atoms with Crippen LogP contribution in [0.2, 0.25) is 0 Å². The molecule has 0 bridgehead atoms. The number of aromatic nitrogens is 2. The average molecular weight is 577 g/mol. The lowest BCUT2D eigenvalue weighted by atomic mass is 10.0. The van der Waals surface area contributed by atoms with Gasteiger partial charge in [-0.15, -0.1) is 0 Å². The summed E-state index contributed by atoms with van der Waals surface area (Å²) in [5.41, 5.74) is 13.0. The molecule has 0 N–H and O–H groups in total. The summed E-state index contributed by atoms with van der Waals surface area (Å²) in [5, 5.41) is 3.74. The second kappa shape index (κ2) is 11.0. The van der Waals surface area contributed by atoms with Crippen molar-refractivity contribution in [2.24, 2.45) is 0 Å². The topological polar surface area (TPSA) is 9.86 Å². The third-order valence-corrected chi connectivity index (χ3v) is 8.84. The molecule has 2 aromatic heterocycles. The van der Waals surface area contributed by atoms with E-state index in [2.05, 4.69) is 180 Å². The molecule has 0 saturated carbocycles. The molecule has 0 spiro atoms. The number of benzene rings is 6. The zero-order valence-electron chi connectivity index (χ0n) is 25.2. The molecule has 8 aromatic rings. The van der Waals surface area contributed by atoms with Gasteiger partial charge in [0, 0.05) is 33.1 Å². The summed E-state index contributed by atoms with van der Waals surface area (Å²) in [7, 11) is 0. The molecule has 0 aliphatic rings. The third kappa shape index (κ3) is 4.42. The van der Waals surface area contributed by atoms with Crippen molar-refractivity contribution in [2.45, 2.75) is 6.92 Å². The van der Waals surface area contributed by atoms with Gasteiger partial charge in [0.05, 0.1) is 22.2 Å². The van der Waals surface area contributed by atoms with Crippen molar-refractivity contribution in [1.29, 1.82) is 0 Å². The van der Waals surface area contributed by atoms with Crippen LogP contribution < -0.4 is 0 Å². The van der Waals surface area contributed by atoms with Gasteiger partial charge < -0.3 is 9.13 Å². The van der Waals surface area contributed by atoms with Crippen molar-refractivity contribution >= 4 is 44.9 Å². The maximum absolute atomic E-state index is 4.11. The highest BCUT2D eigenvalue weighted by molar-refractivity contribution is 6.10. The Kier molecular flexibility index (Phi) is 6.54. The summed E-state index contributed by atoms with van der Waals surface area (Å²) >= 11 is 0. The van der Waals surface area contributed by atoms with Gasteiger partial charge in [-0.25, -0.2) is 0 Å². The molecule has 2 heterocycles. The first-order valence-corrected chi connectivity index (χ1v) is 15.4. The predicted molar refractivity (Wildman–Crippen MR) is 193 cm³/mol. The Morgan fingerprint density at radius 2 is 0.978 bits per heavy atom. The van der Waals surface area contributed by atoms with Crippen molar-refractivity contribution < 1.29 is 0 Å². The quantitative estimate of drug-likeness (QED) is 0.186. The molecule has 0 saturated heterocycles. The minimum Gasteiger partial charge on any atom is -0.309 e. The van der Waals surface area contributed by atoms with Crippen LogP contribution >= 0.6 is 0 Å². The first kappa shape index (κ1) is 26.7. The molecule has 8 rings (SSSR count). The lowest BCUT2D eigenvalue weighted by Crippen LogP contribution is -1.97. The van der Waals surface area contributed by atoms with Crippen molar-refractivity contribution in [3.05, 3.63) is 170 Å². The molecule has 0 unspecified atom stereocenters. The minimum atomic E-state index is 1.13. The van der Waals surface area contributed by atoms with E-state index in [9.17, 15) is 0 Å². The van der Waals surface area contributed by atoms with Gasteiger partial charge in [-0.3, -0.25) is 0 Å². The smallest absolute Gasteiger partial charge is 0.0541 e. The van der Waals surface area contributed by atoms with E-state index < -0.39 is 0 Å². The van der Waals surface area contributed by atoms with Crippen molar-refractivity contribution in [1.82, 2.24) is 9.13 Å².